The highest BCUT2D eigenvalue weighted by atomic mass is 79.9. The van der Waals surface area contributed by atoms with Crippen molar-refractivity contribution >= 4 is 15.9 Å². The van der Waals surface area contributed by atoms with E-state index in [1.165, 1.54) is 16.9 Å². The Kier molecular flexibility index (Phi) is 5.03. The Morgan fingerprint density at radius 1 is 1.10 bits per heavy atom. The van der Waals surface area contributed by atoms with Gasteiger partial charge in [-0.25, -0.2) is 0 Å². The van der Waals surface area contributed by atoms with Gasteiger partial charge >= 0.3 is 6.18 Å². The van der Waals surface area contributed by atoms with Crippen LogP contribution in [0, 0.1) is 6.92 Å². The van der Waals surface area contributed by atoms with E-state index in [1.807, 2.05) is 6.92 Å². The molecule has 1 aromatic heterocycles. The summed E-state index contributed by atoms with van der Waals surface area (Å²) in [4.78, 5) is 1.39. The molecule has 0 aliphatic rings. The fraction of sp³-hybridized carbons (Fsp3) is 0.429. The van der Waals surface area contributed by atoms with E-state index < -0.39 is 11.7 Å². The van der Waals surface area contributed by atoms with Crippen LogP contribution in [0.4, 0.5) is 13.2 Å². The predicted molar refractivity (Wildman–Crippen MR) is 77.8 cm³/mol. The summed E-state index contributed by atoms with van der Waals surface area (Å²) in [6.45, 7) is 1.86. The summed E-state index contributed by atoms with van der Waals surface area (Å²) in [6.07, 6.45) is -1.46. The molecule has 7 heteroatoms. The van der Waals surface area contributed by atoms with Crippen molar-refractivity contribution in [1.82, 2.24) is 15.0 Å². The maximum Gasteiger partial charge on any atom is 0.416 e. The number of aromatic nitrogens is 3. The molecule has 3 nitrogen and oxygen atoms in total. The first kappa shape index (κ1) is 16.0. The summed E-state index contributed by atoms with van der Waals surface area (Å²) in [7, 11) is 0. The summed E-state index contributed by atoms with van der Waals surface area (Å²) >= 11 is 3.37. The molecule has 0 N–H and O–H groups in total. The van der Waals surface area contributed by atoms with Gasteiger partial charge < -0.3 is 0 Å². The van der Waals surface area contributed by atoms with Gasteiger partial charge in [0.1, 0.15) is 0 Å². The van der Waals surface area contributed by atoms with Crippen LogP contribution < -0.4 is 0 Å². The van der Waals surface area contributed by atoms with Crippen molar-refractivity contribution in [2.75, 3.05) is 5.33 Å². The molecule has 1 aromatic carbocycles. The number of hydrogen-bond acceptors (Lipinski definition) is 2. The number of nitrogens with zero attached hydrogens (tertiary/aromatic N) is 3. The molecule has 0 fully saturated rings. The zero-order chi connectivity index (χ0) is 15.5. The lowest BCUT2D eigenvalue weighted by Gasteiger charge is -2.06. The first-order chi connectivity index (χ1) is 9.91. The van der Waals surface area contributed by atoms with Crippen molar-refractivity contribution < 1.29 is 13.2 Å². The molecule has 0 amide bonds. The second-order valence-electron chi connectivity index (χ2n) is 4.71. The maximum atomic E-state index is 12.5. The maximum absolute atomic E-state index is 12.5. The third-order valence-corrected chi connectivity index (χ3v) is 3.66. The molecule has 0 aliphatic carbocycles. The van der Waals surface area contributed by atoms with Gasteiger partial charge in [-0.3, -0.25) is 0 Å². The SMILES string of the molecule is Cc1nn(-c2ccc(C(F)(F)F)cc2)nc1CCCCBr. The minimum atomic E-state index is -4.33. The molecule has 0 saturated carbocycles. The van der Waals surface area contributed by atoms with Crippen LogP contribution in [-0.4, -0.2) is 20.3 Å². The van der Waals surface area contributed by atoms with E-state index in [2.05, 4.69) is 26.1 Å². The van der Waals surface area contributed by atoms with Gasteiger partial charge in [0.25, 0.3) is 0 Å². The number of halogens is 4. The van der Waals surface area contributed by atoms with Crippen molar-refractivity contribution in [3.8, 4) is 5.69 Å². The summed E-state index contributed by atoms with van der Waals surface area (Å²) in [5.41, 5.74) is 1.55. The molecule has 0 radical (unpaired) electrons. The van der Waals surface area contributed by atoms with Gasteiger partial charge in [0.15, 0.2) is 0 Å². The zero-order valence-electron chi connectivity index (χ0n) is 11.5. The van der Waals surface area contributed by atoms with Gasteiger partial charge in [-0.1, -0.05) is 15.9 Å². The molecule has 0 bridgehead atoms. The number of alkyl halides is 4. The van der Waals surface area contributed by atoms with Gasteiger partial charge in [0.2, 0.25) is 0 Å². The van der Waals surface area contributed by atoms with Gasteiger partial charge in [0, 0.05) is 5.33 Å². The monoisotopic (exact) mass is 361 g/mol. The molecule has 21 heavy (non-hydrogen) atoms. The van der Waals surface area contributed by atoms with Crippen LogP contribution in [0.15, 0.2) is 24.3 Å². The summed E-state index contributed by atoms with van der Waals surface area (Å²) < 4.78 is 37.6. The van der Waals surface area contributed by atoms with E-state index in [-0.39, 0.29) is 0 Å². The Morgan fingerprint density at radius 3 is 2.33 bits per heavy atom. The van der Waals surface area contributed by atoms with E-state index in [9.17, 15) is 13.2 Å². The van der Waals surface area contributed by atoms with Crippen molar-refractivity contribution in [2.24, 2.45) is 0 Å². The molecular formula is C14H15BrF3N3. The van der Waals surface area contributed by atoms with Crippen LogP contribution in [0.1, 0.15) is 29.8 Å². The quantitative estimate of drug-likeness (QED) is 0.586. The Balaban J connectivity index is 2.17. The average Bonchev–Trinajstić information content (AvgIpc) is 2.80. The Labute approximate surface area is 129 Å². The summed E-state index contributed by atoms with van der Waals surface area (Å²) in [5.74, 6) is 0. The van der Waals surface area contributed by atoms with E-state index in [0.29, 0.717) is 5.69 Å². The number of unbranched alkanes of at least 4 members (excludes halogenated alkanes) is 1. The number of rotatable bonds is 5. The third kappa shape index (κ3) is 4.06. The summed E-state index contributed by atoms with van der Waals surface area (Å²) in [5, 5.41) is 9.56. The topological polar surface area (TPSA) is 30.7 Å². The third-order valence-electron chi connectivity index (χ3n) is 3.10. The van der Waals surface area contributed by atoms with E-state index in [4.69, 9.17) is 0 Å². The molecule has 0 spiro atoms. The predicted octanol–water partition coefficient (Wildman–Crippen LogP) is 4.31. The van der Waals surface area contributed by atoms with Crippen LogP contribution in [0.5, 0.6) is 0 Å². The van der Waals surface area contributed by atoms with Crippen LogP contribution in [0.25, 0.3) is 5.69 Å². The highest BCUT2D eigenvalue weighted by Gasteiger charge is 2.30. The minimum absolute atomic E-state index is 0.526. The molecule has 0 unspecified atom stereocenters. The first-order valence-corrected chi connectivity index (χ1v) is 7.70. The fourth-order valence-electron chi connectivity index (χ4n) is 1.93. The second-order valence-corrected chi connectivity index (χ2v) is 5.51. The molecule has 0 atom stereocenters. The van der Waals surface area contributed by atoms with Gasteiger partial charge in [-0.05, 0) is 50.5 Å². The Hall–Kier alpha value is -1.37. The number of hydrogen-bond donors (Lipinski definition) is 0. The Bertz CT molecular complexity index is 591. The van der Waals surface area contributed by atoms with Crippen molar-refractivity contribution in [1.29, 1.82) is 0 Å². The highest BCUT2D eigenvalue weighted by Crippen LogP contribution is 2.29. The van der Waals surface area contributed by atoms with E-state index >= 15 is 0 Å². The van der Waals surface area contributed by atoms with E-state index in [1.54, 1.807) is 0 Å². The van der Waals surface area contributed by atoms with Crippen molar-refractivity contribution in [3.05, 3.63) is 41.2 Å². The molecule has 0 aliphatic heterocycles. The first-order valence-electron chi connectivity index (χ1n) is 6.58. The van der Waals surface area contributed by atoms with Crippen LogP contribution in [0.2, 0.25) is 0 Å². The zero-order valence-corrected chi connectivity index (χ0v) is 13.1. The largest absolute Gasteiger partial charge is 0.416 e. The van der Waals surface area contributed by atoms with Crippen LogP contribution in [0.3, 0.4) is 0 Å². The van der Waals surface area contributed by atoms with Crippen LogP contribution in [-0.2, 0) is 12.6 Å². The lowest BCUT2D eigenvalue weighted by atomic mass is 10.2. The second kappa shape index (κ2) is 6.60. The van der Waals surface area contributed by atoms with Crippen LogP contribution >= 0.6 is 15.9 Å². The molecule has 114 valence electrons. The van der Waals surface area contributed by atoms with Gasteiger partial charge in [-0.2, -0.15) is 28.2 Å². The van der Waals surface area contributed by atoms with Gasteiger partial charge in [-0.15, -0.1) is 0 Å². The number of benzene rings is 1. The molecule has 0 saturated heterocycles. The summed E-state index contributed by atoms with van der Waals surface area (Å²) in [6, 6.07) is 4.84. The molecule has 1 heterocycles. The fourth-order valence-corrected chi connectivity index (χ4v) is 2.32. The Morgan fingerprint density at radius 2 is 1.76 bits per heavy atom. The lowest BCUT2D eigenvalue weighted by molar-refractivity contribution is -0.137. The molecule has 2 aromatic rings. The van der Waals surface area contributed by atoms with E-state index in [0.717, 1.165) is 48.1 Å². The highest BCUT2D eigenvalue weighted by molar-refractivity contribution is 9.09. The number of aryl methyl sites for hydroxylation is 2. The van der Waals surface area contributed by atoms with Crippen molar-refractivity contribution in [2.45, 2.75) is 32.4 Å². The standard InChI is InChI=1S/C14H15BrF3N3/c1-10-13(4-2-3-9-15)20-21(19-10)12-7-5-11(6-8-12)14(16,17)18/h5-8H,2-4,9H2,1H3. The van der Waals surface area contributed by atoms with Crippen molar-refractivity contribution in [3.63, 3.8) is 0 Å². The lowest BCUT2D eigenvalue weighted by Crippen LogP contribution is -2.06. The molecular weight excluding hydrogens is 347 g/mol. The normalized spacial score (nSPS) is 11.9. The molecule has 2 rings (SSSR count). The van der Waals surface area contributed by atoms with Gasteiger partial charge in [0.05, 0.1) is 22.6 Å². The average molecular weight is 362 g/mol. The minimum Gasteiger partial charge on any atom is -0.166 e. The smallest absolute Gasteiger partial charge is 0.166 e.